The number of carbonyl (C=O) groups excluding carboxylic acids is 1. The molecule has 0 fully saturated rings. The molecule has 2 rings (SSSR count). The summed E-state index contributed by atoms with van der Waals surface area (Å²) in [6.07, 6.45) is 0. The van der Waals surface area contributed by atoms with Gasteiger partial charge in [0.25, 0.3) is 5.91 Å². The Kier molecular flexibility index (Phi) is 3.21. The van der Waals surface area contributed by atoms with Crippen molar-refractivity contribution in [1.82, 2.24) is 10.2 Å². The van der Waals surface area contributed by atoms with Crippen LogP contribution in [0.5, 0.6) is 0 Å². The summed E-state index contributed by atoms with van der Waals surface area (Å²) in [6.45, 7) is 1.84. The number of rotatable bonds is 2. The number of benzene rings is 1. The zero-order valence-corrected chi connectivity index (χ0v) is 10.3. The van der Waals surface area contributed by atoms with E-state index in [1.54, 1.807) is 18.2 Å². The Morgan fingerprint density at radius 2 is 2.28 bits per heavy atom. The van der Waals surface area contributed by atoms with Crippen LogP contribution in [-0.4, -0.2) is 16.1 Å². The average Bonchev–Trinajstić information content (AvgIpc) is 2.79. The van der Waals surface area contributed by atoms with Gasteiger partial charge in [0.05, 0.1) is 11.6 Å². The summed E-state index contributed by atoms with van der Waals surface area (Å²) in [7, 11) is 0. The molecule has 0 aliphatic heterocycles. The van der Waals surface area contributed by atoms with Gasteiger partial charge in [-0.2, -0.15) is 5.26 Å². The fourth-order valence-corrected chi connectivity index (χ4v) is 1.83. The minimum Gasteiger partial charge on any atom is -0.374 e. The summed E-state index contributed by atoms with van der Waals surface area (Å²) in [5.41, 5.74) is 7.32. The second-order valence-electron chi connectivity index (χ2n) is 3.54. The highest BCUT2D eigenvalue weighted by atomic mass is 32.1. The van der Waals surface area contributed by atoms with Crippen molar-refractivity contribution < 1.29 is 4.79 Å². The number of nitrogens with two attached hydrogens (primary N) is 1. The maximum atomic E-state index is 11.8. The molecule has 6 nitrogen and oxygen atoms in total. The molecule has 0 saturated heterocycles. The Hall–Kier alpha value is -2.46. The van der Waals surface area contributed by atoms with Gasteiger partial charge < -0.3 is 11.1 Å². The molecular formula is C11H9N5OS. The quantitative estimate of drug-likeness (QED) is 0.851. The first-order valence-corrected chi connectivity index (χ1v) is 5.83. The SMILES string of the molecule is Cc1ccc(C#N)cc1NC(=O)c1nnc(N)s1. The van der Waals surface area contributed by atoms with Gasteiger partial charge in [-0.1, -0.05) is 17.4 Å². The molecule has 0 aliphatic carbocycles. The van der Waals surface area contributed by atoms with Crippen LogP contribution >= 0.6 is 11.3 Å². The molecule has 18 heavy (non-hydrogen) atoms. The van der Waals surface area contributed by atoms with Crippen molar-refractivity contribution in [3.05, 3.63) is 34.3 Å². The molecule has 0 unspecified atom stereocenters. The average molecular weight is 259 g/mol. The van der Waals surface area contributed by atoms with E-state index in [0.717, 1.165) is 16.9 Å². The number of aryl methyl sites for hydroxylation is 1. The smallest absolute Gasteiger partial charge is 0.286 e. The second kappa shape index (κ2) is 4.81. The van der Waals surface area contributed by atoms with Crippen LogP contribution in [0.4, 0.5) is 10.8 Å². The van der Waals surface area contributed by atoms with E-state index < -0.39 is 0 Å². The van der Waals surface area contributed by atoms with Gasteiger partial charge in [0.15, 0.2) is 0 Å². The van der Waals surface area contributed by atoms with Gasteiger partial charge in [-0.05, 0) is 24.6 Å². The lowest BCUT2D eigenvalue weighted by molar-refractivity contribution is 0.102. The first kappa shape index (κ1) is 12.0. The molecular weight excluding hydrogens is 250 g/mol. The molecule has 0 aliphatic rings. The number of anilines is 2. The number of nitrogens with zero attached hydrogens (tertiary/aromatic N) is 3. The van der Waals surface area contributed by atoms with Crippen LogP contribution in [0, 0.1) is 18.3 Å². The molecule has 1 aromatic heterocycles. The Labute approximate surface area is 107 Å². The van der Waals surface area contributed by atoms with E-state index >= 15 is 0 Å². The molecule has 0 atom stereocenters. The number of nitrogens with one attached hydrogen (secondary N) is 1. The topological polar surface area (TPSA) is 105 Å². The summed E-state index contributed by atoms with van der Waals surface area (Å²) in [5, 5.41) is 19.1. The van der Waals surface area contributed by atoms with Gasteiger partial charge in [-0.3, -0.25) is 4.79 Å². The minimum atomic E-state index is -0.387. The van der Waals surface area contributed by atoms with Crippen molar-refractivity contribution in [2.75, 3.05) is 11.1 Å². The van der Waals surface area contributed by atoms with Crippen molar-refractivity contribution in [2.24, 2.45) is 0 Å². The summed E-state index contributed by atoms with van der Waals surface area (Å²) in [5.74, 6) is -0.387. The van der Waals surface area contributed by atoms with Crippen molar-refractivity contribution in [3.8, 4) is 6.07 Å². The van der Waals surface area contributed by atoms with Gasteiger partial charge in [-0.15, -0.1) is 10.2 Å². The molecule has 0 spiro atoms. The standard InChI is InChI=1S/C11H9N5OS/c1-6-2-3-7(5-12)4-8(6)14-9(17)10-15-16-11(13)18-10/h2-4H,1H3,(H2,13,16)(H,14,17). The van der Waals surface area contributed by atoms with Gasteiger partial charge in [-0.25, -0.2) is 0 Å². The fourth-order valence-electron chi connectivity index (χ4n) is 1.33. The first-order valence-electron chi connectivity index (χ1n) is 5.01. The van der Waals surface area contributed by atoms with E-state index in [2.05, 4.69) is 15.5 Å². The normalized spacial score (nSPS) is 9.78. The van der Waals surface area contributed by atoms with Crippen molar-refractivity contribution in [1.29, 1.82) is 5.26 Å². The van der Waals surface area contributed by atoms with Crippen LogP contribution in [-0.2, 0) is 0 Å². The molecule has 0 radical (unpaired) electrons. The Balaban J connectivity index is 2.24. The number of nitrogen functional groups attached to an aromatic ring is 1. The largest absolute Gasteiger partial charge is 0.374 e. The van der Waals surface area contributed by atoms with Gasteiger partial charge in [0, 0.05) is 5.69 Å². The van der Waals surface area contributed by atoms with Crippen LogP contribution in [0.25, 0.3) is 0 Å². The molecule has 1 heterocycles. The molecule has 90 valence electrons. The summed E-state index contributed by atoms with van der Waals surface area (Å²) < 4.78 is 0. The lowest BCUT2D eigenvalue weighted by atomic mass is 10.1. The predicted octanol–water partition coefficient (Wildman–Crippen LogP) is 1.55. The Morgan fingerprint density at radius 1 is 1.50 bits per heavy atom. The van der Waals surface area contributed by atoms with Crippen LogP contribution in [0.1, 0.15) is 20.9 Å². The van der Waals surface area contributed by atoms with Crippen LogP contribution < -0.4 is 11.1 Å². The van der Waals surface area contributed by atoms with Gasteiger partial charge in [0.2, 0.25) is 10.1 Å². The number of hydrogen-bond donors (Lipinski definition) is 2. The number of nitriles is 1. The van der Waals surface area contributed by atoms with Gasteiger partial charge in [0.1, 0.15) is 0 Å². The van der Waals surface area contributed by atoms with Gasteiger partial charge >= 0.3 is 0 Å². The van der Waals surface area contributed by atoms with E-state index in [9.17, 15) is 4.79 Å². The third kappa shape index (κ3) is 2.44. The molecule has 3 N–H and O–H groups in total. The molecule has 0 bridgehead atoms. The molecule has 7 heteroatoms. The van der Waals surface area contributed by atoms with E-state index in [0.29, 0.717) is 11.3 Å². The van der Waals surface area contributed by atoms with E-state index in [-0.39, 0.29) is 16.0 Å². The number of amides is 1. The summed E-state index contributed by atoms with van der Waals surface area (Å²) in [6, 6.07) is 7.08. The van der Waals surface area contributed by atoms with Crippen molar-refractivity contribution in [2.45, 2.75) is 6.92 Å². The highest BCUT2D eigenvalue weighted by Crippen LogP contribution is 2.19. The molecule has 2 aromatic rings. The molecule has 0 saturated carbocycles. The van der Waals surface area contributed by atoms with Crippen LogP contribution in [0.3, 0.4) is 0 Å². The van der Waals surface area contributed by atoms with Crippen molar-refractivity contribution in [3.63, 3.8) is 0 Å². The Morgan fingerprint density at radius 3 is 2.89 bits per heavy atom. The lowest BCUT2D eigenvalue weighted by Gasteiger charge is -2.06. The third-order valence-corrected chi connectivity index (χ3v) is 3.00. The number of hydrogen-bond acceptors (Lipinski definition) is 6. The van der Waals surface area contributed by atoms with Crippen LogP contribution in [0.2, 0.25) is 0 Å². The highest BCUT2D eigenvalue weighted by molar-refractivity contribution is 7.16. The Bertz CT molecular complexity index is 643. The second-order valence-corrected chi connectivity index (χ2v) is 4.55. The monoisotopic (exact) mass is 259 g/mol. The number of aromatic nitrogens is 2. The highest BCUT2D eigenvalue weighted by Gasteiger charge is 2.13. The minimum absolute atomic E-state index is 0.189. The summed E-state index contributed by atoms with van der Waals surface area (Å²) >= 11 is 1.01. The predicted molar refractivity (Wildman–Crippen MR) is 68.2 cm³/mol. The zero-order chi connectivity index (χ0) is 13.1. The van der Waals surface area contributed by atoms with Crippen LogP contribution in [0.15, 0.2) is 18.2 Å². The third-order valence-electron chi connectivity index (χ3n) is 2.25. The van der Waals surface area contributed by atoms with E-state index in [4.69, 9.17) is 11.0 Å². The maximum Gasteiger partial charge on any atom is 0.286 e. The zero-order valence-electron chi connectivity index (χ0n) is 9.47. The maximum absolute atomic E-state index is 11.8. The van der Waals surface area contributed by atoms with E-state index in [1.807, 2.05) is 13.0 Å². The molecule has 1 amide bonds. The summed E-state index contributed by atoms with van der Waals surface area (Å²) in [4.78, 5) is 11.8. The lowest BCUT2D eigenvalue weighted by Crippen LogP contribution is -2.12. The first-order chi connectivity index (χ1) is 8.60. The molecule has 1 aromatic carbocycles. The number of carbonyl (C=O) groups is 1. The van der Waals surface area contributed by atoms with Crippen molar-refractivity contribution >= 4 is 28.1 Å². The van der Waals surface area contributed by atoms with E-state index in [1.165, 1.54) is 0 Å². The fraction of sp³-hybridized carbons (Fsp3) is 0.0909.